The zero-order chi connectivity index (χ0) is 28.9. The quantitative estimate of drug-likeness (QED) is 0.211. The van der Waals surface area contributed by atoms with Gasteiger partial charge in [0.05, 0.1) is 0 Å². The van der Waals surface area contributed by atoms with Gasteiger partial charge in [-0.15, -0.1) is 5.10 Å². The van der Waals surface area contributed by atoms with Gasteiger partial charge in [-0.25, -0.2) is 18.7 Å². The van der Waals surface area contributed by atoms with Crippen LogP contribution < -0.4 is 10.1 Å². The zero-order valence-corrected chi connectivity index (χ0v) is 22.1. The third-order valence-corrected chi connectivity index (χ3v) is 6.36. The lowest BCUT2D eigenvalue weighted by Crippen LogP contribution is -2.18. The Hall–Kier alpha value is -5.51. The molecule has 0 spiro atoms. The number of carbonyl (C=O) groups is 2. The van der Waals surface area contributed by atoms with E-state index in [2.05, 4.69) is 15.6 Å². The van der Waals surface area contributed by atoms with E-state index in [1.54, 1.807) is 56.4 Å². The number of carbonyl (C=O) groups excluding carboxylic acids is 1. The summed E-state index contributed by atoms with van der Waals surface area (Å²) in [6.45, 7) is 1.78. The van der Waals surface area contributed by atoms with E-state index in [1.165, 1.54) is 28.9 Å². The first kappa shape index (κ1) is 27.1. The van der Waals surface area contributed by atoms with Crippen molar-refractivity contribution < 1.29 is 28.6 Å². The normalized spacial score (nSPS) is 11.5. The van der Waals surface area contributed by atoms with Crippen LogP contribution in [-0.2, 0) is 11.8 Å². The van der Waals surface area contributed by atoms with Gasteiger partial charge in [0.1, 0.15) is 23.1 Å². The number of rotatable bonds is 8. The Morgan fingerprint density at radius 1 is 0.878 bits per heavy atom. The van der Waals surface area contributed by atoms with Crippen LogP contribution >= 0.6 is 0 Å². The highest BCUT2D eigenvalue weighted by atomic mass is 19.1. The third kappa shape index (κ3) is 6.06. The molecule has 1 aromatic heterocycles. The Balaban J connectivity index is 1.31. The molecule has 9 nitrogen and oxygen atoms in total. The zero-order valence-electron chi connectivity index (χ0n) is 22.1. The Bertz CT molecular complexity index is 1700. The number of carboxylic acids is 1. The first-order chi connectivity index (χ1) is 19.8. The van der Waals surface area contributed by atoms with E-state index in [0.29, 0.717) is 22.6 Å². The van der Waals surface area contributed by atoms with Gasteiger partial charge in [-0.2, -0.15) is 0 Å². The molecule has 0 aliphatic rings. The van der Waals surface area contributed by atoms with Gasteiger partial charge in [0.15, 0.2) is 17.4 Å². The molecule has 2 N–H and O–H groups in total. The molecule has 5 aromatic rings. The van der Waals surface area contributed by atoms with E-state index >= 15 is 0 Å². The Morgan fingerprint density at radius 2 is 1.54 bits per heavy atom. The summed E-state index contributed by atoms with van der Waals surface area (Å²) in [6.07, 6.45) is -1.10. The summed E-state index contributed by atoms with van der Waals surface area (Å²) in [7, 11) is 1.66. The highest BCUT2D eigenvalue weighted by Gasteiger charge is 2.19. The van der Waals surface area contributed by atoms with Crippen molar-refractivity contribution >= 4 is 17.9 Å². The number of nitrogens with zero attached hydrogens (tertiary/aromatic N) is 3. The predicted octanol–water partition coefficient (Wildman–Crippen LogP) is 7.09. The maximum atomic E-state index is 14.9. The van der Waals surface area contributed by atoms with Gasteiger partial charge in [-0.3, -0.25) is 5.32 Å². The largest absolute Gasteiger partial charge is 0.478 e. The summed E-state index contributed by atoms with van der Waals surface area (Å²) < 4.78 is 27.4. The molecule has 1 amide bonds. The summed E-state index contributed by atoms with van der Waals surface area (Å²) in [5.74, 6) is -1.50. The van der Waals surface area contributed by atoms with E-state index in [0.717, 1.165) is 11.1 Å². The van der Waals surface area contributed by atoms with Gasteiger partial charge in [0, 0.05) is 12.6 Å². The minimum Gasteiger partial charge on any atom is -0.478 e. The number of hydrogen-bond donors (Lipinski definition) is 2. The van der Waals surface area contributed by atoms with Gasteiger partial charge >= 0.3 is 12.1 Å². The lowest BCUT2D eigenvalue weighted by molar-refractivity contribution is 0.0694. The number of carboxylic acid groups (broad SMARTS) is 1. The van der Waals surface area contributed by atoms with Crippen LogP contribution in [0.4, 0.5) is 15.0 Å². The number of anilines is 1. The van der Waals surface area contributed by atoms with Gasteiger partial charge in [0.2, 0.25) is 0 Å². The van der Waals surface area contributed by atoms with E-state index in [1.807, 2.05) is 30.3 Å². The number of aromatic nitrogens is 3. The molecular weight excluding hydrogens is 527 g/mol. The maximum absolute atomic E-state index is 14.9. The molecule has 0 saturated heterocycles. The molecule has 41 heavy (non-hydrogen) atoms. The molecule has 0 radical (unpaired) electrons. The summed E-state index contributed by atoms with van der Waals surface area (Å²) in [5.41, 5.74) is 3.23. The summed E-state index contributed by atoms with van der Waals surface area (Å²) in [5, 5.41) is 20.3. The Labute approximate surface area is 234 Å². The smallest absolute Gasteiger partial charge is 0.413 e. The van der Waals surface area contributed by atoms with Gasteiger partial charge in [0.25, 0.3) is 0 Å². The molecular formula is C31H25FN4O5. The Morgan fingerprint density at radius 3 is 2.24 bits per heavy atom. The van der Waals surface area contributed by atoms with Crippen molar-refractivity contribution in [3.63, 3.8) is 0 Å². The molecule has 1 atom stereocenters. The third-order valence-electron chi connectivity index (χ3n) is 6.36. The highest BCUT2D eigenvalue weighted by molar-refractivity contribution is 5.91. The SMILES string of the molecule is CC(OC(=O)Nc1c(-c2ccc(-c3ccc(Oc4ccccc4C(=O)O)c(F)c3)cc2)nnn1C)c1ccccc1. The van der Waals surface area contributed by atoms with Crippen LogP contribution in [0.15, 0.2) is 97.1 Å². The van der Waals surface area contributed by atoms with E-state index in [9.17, 15) is 19.1 Å². The second kappa shape index (κ2) is 11.7. The molecule has 0 aliphatic carbocycles. The van der Waals surface area contributed by atoms with Crippen molar-refractivity contribution in [1.82, 2.24) is 15.0 Å². The minimum atomic E-state index is -1.17. The number of benzene rings is 4. The fourth-order valence-electron chi connectivity index (χ4n) is 4.21. The van der Waals surface area contributed by atoms with Crippen LogP contribution in [0.2, 0.25) is 0 Å². The predicted molar refractivity (Wildman–Crippen MR) is 150 cm³/mol. The van der Waals surface area contributed by atoms with Crippen LogP contribution in [0, 0.1) is 5.82 Å². The van der Waals surface area contributed by atoms with E-state index in [4.69, 9.17) is 9.47 Å². The molecule has 1 unspecified atom stereocenters. The van der Waals surface area contributed by atoms with Crippen molar-refractivity contribution in [2.24, 2.45) is 7.05 Å². The maximum Gasteiger partial charge on any atom is 0.413 e. The average Bonchev–Trinajstić information content (AvgIpc) is 3.34. The molecule has 4 aromatic carbocycles. The lowest BCUT2D eigenvalue weighted by Gasteiger charge is -2.14. The van der Waals surface area contributed by atoms with Crippen molar-refractivity contribution in [2.45, 2.75) is 13.0 Å². The second-order valence-corrected chi connectivity index (χ2v) is 9.12. The Kier molecular flexibility index (Phi) is 7.73. The summed E-state index contributed by atoms with van der Waals surface area (Å²) in [6, 6.07) is 27.0. The van der Waals surface area contributed by atoms with Crippen LogP contribution in [0.3, 0.4) is 0 Å². The average molecular weight is 553 g/mol. The molecule has 1 heterocycles. The second-order valence-electron chi connectivity index (χ2n) is 9.12. The first-order valence-corrected chi connectivity index (χ1v) is 12.6. The number of nitrogens with one attached hydrogen (secondary N) is 1. The minimum absolute atomic E-state index is 0.0443. The van der Waals surface area contributed by atoms with Crippen LogP contribution in [-0.4, -0.2) is 32.2 Å². The molecule has 5 rings (SSSR count). The molecule has 0 saturated carbocycles. The number of para-hydroxylation sites is 1. The van der Waals surface area contributed by atoms with E-state index < -0.39 is 24.0 Å². The standard InChI is InChI=1S/C31H25FN4O5/c1-19(20-8-4-3-5-9-20)40-31(39)33-29-28(34-35-36(29)2)22-14-12-21(13-15-22)23-16-17-27(25(32)18-23)41-26-11-7-6-10-24(26)30(37)38/h3-19H,1-2H3,(H,33,39)(H,37,38). The number of hydrogen-bond acceptors (Lipinski definition) is 6. The van der Waals surface area contributed by atoms with Crippen LogP contribution in [0.25, 0.3) is 22.4 Å². The fraction of sp³-hybridized carbons (Fsp3) is 0.0968. The number of halogens is 1. The number of amides is 1. The topological polar surface area (TPSA) is 116 Å². The van der Waals surface area contributed by atoms with Crippen molar-refractivity contribution in [3.8, 4) is 33.9 Å². The van der Waals surface area contributed by atoms with Crippen LogP contribution in [0.5, 0.6) is 11.5 Å². The first-order valence-electron chi connectivity index (χ1n) is 12.6. The van der Waals surface area contributed by atoms with Gasteiger partial charge in [-0.1, -0.05) is 78.0 Å². The highest BCUT2D eigenvalue weighted by Crippen LogP contribution is 2.32. The molecule has 10 heteroatoms. The molecule has 0 aliphatic heterocycles. The van der Waals surface area contributed by atoms with Crippen molar-refractivity contribution in [3.05, 3.63) is 114 Å². The summed E-state index contributed by atoms with van der Waals surface area (Å²) in [4.78, 5) is 24.0. The number of aryl methyl sites for hydroxylation is 1. The van der Waals surface area contributed by atoms with Gasteiger partial charge < -0.3 is 14.6 Å². The van der Waals surface area contributed by atoms with Crippen molar-refractivity contribution in [1.29, 1.82) is 0 Å². The summed E-state index contributed by atoms with van der Waals surface area (Å²) >= 11 is 0. The van der Waals surface area contributed by atoms with Crippen LogP contribution in [0.1, 0.15) is 28.9 Å². The molecule has 206 valence electrons. The monoisotopic (exact) mass is 552 g/mol. The lowest BCUT2D eigenvalue weighted by atomic mass is 10.0. The fourth-order valence-corrected chi connectivity index (χ4v) is 4.21. The van der Waals surface area contributed by atoms with Crippen molar-refractivity contribution in [2.75, 3.05) is 5.32 Å². The van der Waals surface area contributed by atoms with E-state index in [-0.39, 0.29) is 17.1 Å². The molecule has 0 fully saturated rings. The molecule has 0 bridgehead atoms. The number of aromatic carboxylic acids is 1. The number of ether oxygens (including phenoxy) is 2. The van der Waals surface area contributed by atoms with Gasteiger partial charge in [-0.05, 0) is 47.9 Å².